The van der Waals surface area contributed by atoms with Crippen LogP contribution >= 0.6 is 0 Å². The molecule has 16 aromatic rings. The van der Waals surface area contributed by atoms with Gasteiger partial charge in [-0.2, -0.15) is 0 Å². The van der Waals surface area contributed by atoms with Crippen molar-refractivity contribution in [3.05, 3.63) is 372 Å². The number of anilines is 6. The fourth-order valence-electron chi connectivity index (χ4n) is 17.1. The van der Waals surface area contributed by atoms with Crippen molar-refractivity contribution >= 4 is 123 Å². The molecule has 2 nitrogen and oxygen atoms in total. The number of fused-ring (bicyclic) bond motifs is 10. The number of nitrogens with zero attached hydrogens (tertiary/aromatic N) is 2. The molecule has 0 spiro atoms. The summed E-state index contributed by atoms with van der Waals surface area (Å²) < 4.78 is 0. The van der Waals surface area contributed by atoms with E-state index < -0.39 is 0 Å². The Bertz CT molecular complexity index is 6080. The van der Waals surface area contributed by atoms with Gasteiger partial charge in [-0.3, -0.25) is 0 Å². The summed E-state index contributed by atoms with van der Waals surface area (Å²) in [6.45, 7) is 9.63. The van der Waals surface area contributed by atoms with E-state index in [1.54, 1.807) is 0 Å². The first-order valence-electron chi connectivity index (χ1n) is 35.3. The van der Waals surface area contributed by atoms with Crippen LogP contribution in [0, 0.1) is 5.92 Å². The maximum Gasteiger partial charge on any atom is 0.0468 e. The van der Waals surface area contributed by atoms with Crippen molar-refractivity contribution in [3.8, 4) is 33.4 Å². The molecule has 0 aromatic heterocycles. The molecule has 3 aliphatic rings. The lowest BCUT2D eigenvalue weighted by atomic mass is 9.78. The van der Waals surface area contributed by atoms with Crippen molar-refractivity contribution in [2.45, 2.75) is 44.9 Å². The summed E-state index contributed by atoms with van der Waals surface area (Å²) in [6, 6.07) is 115. The van der Waals surface area contributed by atoms with Crippen LogP contribution < -0.4 is 9.80 Å². The van der Waals surface area contributed by atoms with Crippen LogP contribution in [-0.2, 0) is 10.8 Å². The van der Waals surface area contributed by atoms with E-state index >= 15 is 0 Å². The Hall–Kier alpha value is -12.1. The molecule has 0 saturated carbocycles. The van der Waals surface area contributed by atoms with Crippen LogP contribution in [0.3, 0.4) is 0 Å². The Morgan fingerprint density at radius 3 is 1.28 bits per heavy atom. The van der Waals surface area contributed by atoms with Crippen LogP contribution in [0.2, 0.25) is 0 Å². The molecule has 1 atom stereocenters. The molecule has 0 heterocycles. The largest absolute Gasteiger partial charge is 0.310 e. The molecule has 0 N–H and O–H groups in total. The summed E-state index contributed by atoms with van der Waals surface area (Å²) in [5.74, 6) is 0.262. The average molecular weight is 1280 g/mol. The molecule has 1 unspecified atom stereocenters. The van der Waals surface area contributed by atoms with Gasteiger partial charge in [0, 0.05) is 45.0 Å². The van der Waals surface area contributed by atoms with E-state index in [-0.39, 0.29) is 16.7 Å². The van der Waals surface area contributed by atoms with Crippen molar-refractivity contribution in [1.29, 1.82) is 0 Å². The summed E-state index contributed by atoms with van der Waals surface area (Å²) >= 11 is 0. The SMILES string of the molecule is CC1(C)C2=CC(/C=C/c3ccc4c5cccc6c(/C=C/c7ccc8c(c7)C(C)(C)c7cc(N(c9ccc(-c%10ccccc%10)cc9)c9ccc%10ccccc%10c9)ccc7-8)ccc(c7cccc3c74)c65)CC=C2c2ccc(N(c3ccc(-c4ccccc4)cc3)c3ccc4ccccc4c3)cc21. The van der Waals surface area contributed by atoms with E-state index in [1.807, 2.05) is 0 Å². The molecule has 0 saturated heterocycles. The van der Waals surface area contributed by atoms with Crippen molar-refractivity contribution in [3.63, 3.8) is 0 Å². The second-order valence-electron chi connectivity index (χ2n) is 28.7. The molecule has 474 valence electrons. The van der Waals surface area contributed by atoms with Gasteiger partial charge in [0.25, 0.3) is 0 Å². The lowest BCUT2D eigenvalue weighted by Crippen LogP contribution is -2.18. The molecule has 2 heteroatoms. The molecule has 100 heavy (non-hydrogen) atoms. The van der Waals surface area contributed by atoms with Gasteiger partial charge >= 0.3 is 0 Å². The topological polar surface area (TPSA) is 6.48 Å². The highest BCUT2D eigenvalue weighted by atomic mass is 15.1. The zero-order valence-electron chi connectivity index (χ0n) is 56.6. The Labute approximate surface area is 585 Å². The molecule has 0 amide bonds. The van der Waals surface area contributed by atoms with Gasteiger partial charge in [-0.05, 0) is 233 Å². The number of rotatable bonds is 12. The normalized spacial score (nSPS) is 15.1. The molecular weight excluding hydrogens is 1210 g/mol. The molecule has 16 aromatic carbocycles. The van der Waals surface area contributed by atoms with Crippen LogP contribution in [-0.4, -0.2) is 0 Å². The first-order valence-corrected chi connectivity index (χ1v) is 35.3. The second-order valence-corrected chi connectivity index (χ2v) is 28.7. The smallest absolute Gasteiger partial charge is 0.0468 e. The van der Waals surface area contributed by atoms with Gasteiger partial charge in [0.2, 0.25) is 0 Å². The third-order valence-electron chi connectivity index (χ3n) is 22.3. The van der Waals surface area contributed by atoms with Crippen LogP contribution in [0.5, 0.6) is 0 Å². The van der Waals surface area contributed by atoms with Crippen molar-refractivity contribution < 1.29 is 0 Å². The summed E-state index contributed by atoms with van der Waals surface area (Å²) in [5.41, 5.74) is 25.7. The summed E-state index contributed by atoms with van der Waals surface area (Å²) in [7, 11) is 0. The van der Waals surface area contributed by atoms with Gasteiger partial charge in [-0.25, -0.2) is 0 Å². The third kappa shape index (κ3) is 9.76. The predicted molar refractivity (Wildman–Crippen MR) is 429 cm³/mol. The second kappa shape index (κ2) is 23.3. The maximum absolute atomic E-state index is 2.57. The van der Waals surface area contributed by atoms with Crippen molar-refractivity contribution in [2.75, 3.05) is 9.80 Å². The van der Waals surface area contributed by atoms with Crippen LogP contribution in [0.1, 0.15) is 73.1 Å². The van der Waals surface area contributed by atoms with Crippen molar-refractivity contribution in [1.82, 2.24) is 0 Å². The summed E-state index contributed by atoms with van der Waals surface area (Å²) in [6.07, 6.45) is 15.5. The first kappa shape index (κ1) is 59.2. The van der Waals surface area contributed by atoms with E-state index in [1.165, 1.54) is 148 Å². The minimum absolute atomic E-state index is 0.194. The monoisotopic (exact) mass is 1280 g/mol. The Morgan fingerprint density at radius 1 is 0.310 bits per heavy atom. The lowest BCUT2D eigenvalue weighted by molar-refractivity contribution is 0.645. The summed E-state index contributed by atoms with van der Waals surface area (Å²) in [4.78, 5) is 4.85. The van der Waals surface area contributed by atoms with Gasteiger partial charge in [0.1, 0.15) is 0 Å². The Morgan fingerprint density at radius 2 is 0.730 bits per heavy atom. The highest BCUT2D eigenvalue weighted by Crippen LogP contribution is 2.55. The highest BCUT2D eigenvalue weighted by Gasteiger charge is 2.41. The zero-order chi connectivity index (χ0) is 66.8. The Balaban J connectivity index is 0.603. The van der Waals surface area contributed by atoms with Crippen LogP contribution in [0.4, 0.5) is 34.1 Å². The highest BCUT2D eigenvalue weighted by molar-refractivity contribution is 6.34. The number of hydrogen-bond acceptors (Lipinski definition) is 2. The molecule has 0 bridgehead atoms. The van der Waals surface area contributed by atoms with Crippen LogP contribution in [0.25, 0.3) is 122 Å². The fraction of sp³-hybridized carbons (Fsp3) is 0.0816. The van der Waals surface area contributed by atoms with E-state index in [9.17, 15) is 0 Å². The third-order valence-corrected chi connectivity index (χ3v) is 22.3. The molecular formula is C98H72N2. The number of benzene rings is 16. The van der Waals surface area contributed by atoms with E-state index in [0.717, 1.165) is 40.5 Å². The minimum Gasteiger partial charge on any atom is -0.310 e. The molecule has 19 rings (SSSR count). The van der Waals surface area contributed by atoms with Gasteiger partial charge in [0.05, 0.1) is 0 Å². The molecule has 0 fully saturated rings. The van der Waals surface area contributed by atoms with Gasteiger partial charge in [-0.1, -0.05) is 301 Å². The quantitative estimate of drug-likeness (QED) is 0.0683. The Kier molecular flexibility index (Phi) is 13.8. The molecule has 3 aliphatic carbocycles. The van der Waals surface area contributed by atoms with Gasteiger partial charge in [0.15, 0.2) is 0 Å². The first-order chi connectivity index (χ1) is 49.1. The zero-order valence-corrected chi connectivity index (χ0v) is 56.6. The predicted octanol–water partition coefficient (Wildman–Crippen LogP) is 27.1. The van der Waals surface area contributed by atoms with Crippen LogP contribution in [0.15, 0.2) is 333 Å². The number of hydrogen-bond donors (Lipinski definition) is 0. The lowest BCUT2D eigenvalue weighted by Gasteiger charge is -2.29. The maximum atomic E-state index is 2.57. The minimum atomic E-state index is -0.232. The van der Waals surface area contributed by atoms with E-state index in [0.29, 0.717) is 0 Å². The van der Waals surface area contributed by atoms with Gasteiger partial charge in [-0.15, -0.1) is 0 Å². The molecule has 0 aliphatic heterocycles. The van der Waals surface area contributed by atoms with E-state index in [2.05, 4.69) is 383 Å². The number of allylic oxidation sites excluding steroid dienone is 5. The molecule has 0 radical (unpaired) electrons. The van der Waals surface area contributed by atoms with Gasteiger partial charge < -0.3 is 9.80 Å². The van der Waals surface area contributed by atoms with E-state index in [4.69, 9.17) is 0 Å². The summed E-state index contributed by atoms with van der Waals surface area (Å²) in [5, 5.41) is 15.3. The fourth-order valence-corrected chi connectivity index (χ4v) is 17.1. The van der Waals surface area contributed by atoms with Crippen molar-refractivity contribution in [2.24, 2.45) is 5.92 Å². The standard InChI is InChI=1S/C98H72N2/c1-97(2)91-57-63(31-51-83(91)85-55-49-79(61-93(85)97)99(77-47-39-67-21-11-13-23-73(67)59-77)75-43-35-69(36-44-75)65-17-7-5-8-18-65)29-33-71-41-53-89-88-28-16-26-82-72(42-54-90(96(82)88)87-27-15-25-81(71)95(87)89)34-30-64-32-52-84-86-56-50-80(62-94(86)98(3,4)92(84)58-64)100(78-48-40-68-22-12-14-24-74(68)60-78)76-45-37-70(38-46-76)66-19-9-6-10-20-66/h5-31,33-62,64H,32H2,1-4H3/b33-29+,34-30+. The average Bonchev–Trinajstić information content (AvgIpc) is 1.05.